The fourth-order valence-corrected chi connectivity index (χ4v) is 6.95. The molecule has 2 aromatic rings. The lowest BCUT2D eigenvalue weighted by Crippen LogP contribution is -2.61. The van der Waals surface area contributed by atoms with Gasteiger partial charge in [0.25, 0.3) is 5.91 Å². The molecule has 5 heterocycles. The lowest BCUT2D eigenvalue weighted by Gasteiger charge is -2.44. The molecule has 0 unspecified atom stereocenters. The number of amides is 1. The van der Waals surface area contributed by atoms with E-state index in [9.17, 15) is 14.0 Å². The highest BCUT2D eigenvalue weighted by molar-refractivity contribution is 7.99. The summed E-state index contributed by atoms with van der Waals surface area (Å²) in [4.78, 5) is 31.4. The van der Waals surface area contributed by atoms with Crippen molar-refractivity contribution in [3.05, 3.63) is 77.0 Å². The van der Waals surface area contributed by atoms with Gasteiger partial charge >= 0.3 is 5.97 Å². The van der Waals surface area contributed by atoms with Crippen molar-refractivity contribution in [2.24, 2.45) is 0 Å². The lowest BCUT2D eigenvalue weighted by molar-refractivity contribution is -0.948. The third kappa shape index (κ3) is 5.11. The minimum atomic E-state index is -0.680. The largest absolute Gasteiger partial charge is 0.456 e. The van der Waals surface area contributed by atoms with Crippen molar-refractivity contribution in [3.8, 4) is 5.69 Å². The van der Waals surface area contributed by atoms with Crippen molar-refractivity contribution < 1.29 is 23.3 Å². The first-order valence-corrected chi connectivity index (χ1v) is 15.2. The van der Waals surface area contributed by atoms with E-state index in [4.69, 9.17) is 4.74 Å². The Hall–Kier alpha value is -3.41. The number of carbonyl (C=O) groups excluding carboxylic acids is 2. The van der Waals surface area contributed by atoms with Crippen molar-refractivity contribution in [1.29, 1.82) is 0 Å². The average molecular weight is 580 g/mol. The summed E-state index contributed by atoms with van der Waals surface area (Å²) in [6, 6.07) is 8.48. The summed E-state index contributed by atoms with van der Waals surface area (Å²) in [5, 5.41) is 6.96. The Morgan fingerprint density at radius 3 is 2.56 bits per heavy atom. The number of anilines is 1. The highest BCUT2D eigenvalue weighted by Gasteiger charge is 2.54. The summed E-state index contributed by atoms with van der Waals surface area (Å²) >= 11 is 1.73. The van der Waals surface area contributed by atoms with Crippen LogP contribution in [0.1, 0.15) is 26.5 Å². The predicted octanol–water partition coefficient (Wildman–Crippen LogP) is 3.77. The van der Waals surface area contributed by atoms with E-state index in [1.54, 1.807) is 22.5 Å². The van der Waals surface area contributed by atoms with Crippen molar-refractivity contribution in [2.45, 2.75) is 33.3 Å². The van der Waals surface area contributed by atoms with Crippen LogP contribution in [0.3, 0.4) is 0 Å². The summed E-state index contributed by atoms with van der Waals surface area (Å²) in [5.41, 5.74) is 2.58. The van der Waals surface area contributed by atoms with Crippen molar-refractivity contribution >= 4 is 29.5 Å². The number of thioether (sulfide) groups is 1. The zero-order valence-electron chi connectivity index (χ0n) is 24.0. The first-order valence-electron chi connectivity index (χ1n) is 14.0. The number of benzene rings is 1. The van der Waals surface area contributed by atoms with Gasteiger partial charge < -0.3 is 14.5 Å². The van der Waals surface area contributed by atoms with Crippen molar-refractivity contribution in [3.63, 3.8) is 0 Å². The van der Waals surface area contributed by atoms with Crippen molar-refractivity contribution in [2.75, 3.05) is 55.8 Å². The molecule has 2 saturated heterocycles. The van der Waals surface area contributed by atoms with Gasteiger partial charge in [-0.05, 0) is 52.0 Å². The Labute approximate surface area is 244 Å². The second kappa shape index (κ2) is 10.5. The maximum atomic E-state index is 14.0. The smallest absolute Gasteiger partial charge is 0.345 e. The zero-order valence-corrected chi connectivity index (χ0v) is 24.8. The summed E-state index contributed by atoms with van der Waals surface area (Å²) < 4.78 is 21.9. The first-order chi connectivity index (χ1) is 19.6. The van der Waals surface area contributed by atoms with Gasteiger partial charge in [0.15, 0.2) is 5.70 Å². The monoisotopic (exact) mass is 579 g/mol. The van der Waals surface area contributed by atoms with Crippen LogP contribution in [0.15, 0.2) is 65.5 Å². The predicted molar refractivity (Wildman–Crippen MR) is 156 cm³/mol. The molecule has 0 bridgehead atoms. The van der Waals surface area contributed by atoms with Crippen molar-refractivity contribution in [1.82, 2.24) is 19.7 Å². The topological polar surface area (TPSA) is 70.9 Å². The molecule has 1 aromatic heterocycles. The molecular weight excluding hydrogens is 543 g/mol. The molecule has 0 radical (unpaired) electrons. The number of hydrogen-bond acceptors (Lipinski definition) is 7. The van der Waals surface area contributed by atoms with Crippen LogP contribution < -0.4 is 4.90 Å². The summed E-state index contributed by atoms with van der Waals surface area (Å²) in [7, 11) is 0. The third-order valence-corrected chi connectivity index (χ3v) is 8.78. The number of hydrogen-bond donors (Lipinski definition) is 0. The second-order valence-electron chi connectivity index (χ2n) is 11.8. The molecule has 0 saturated carbocycles. The number of halogens is 1. The maximum absolute atomic E-state index is 14.0. The zero-order chi connectivity index (χ0) is 28.9. The summed E-state index contributed by atoms with van der Waals surface area (Å²) in [6.07, 6.45) is 6.00. The molecule has 0 N–H and O–H groups in total. The Morgan fingerprint density at radius 2 is 1.88 bits per heavy atom. The normalized spacial score (nSPS) is 22.9. The molecule has 1 atom stereocenters. The van der Waals surface area contributed by atoms with Crippen LogP contribution in [-0.4, -0.2) is 92.7 Å². The lowest BCUT2D eigenvalue weighted by atomic mass is 10.1. The van der Waals surface area contributed by atoms with Crippen LogP contribution in [0.4, 0.5) is 10.2 Å². The number of esters is 1. The van der Waals surface area contributed by atoms with Crippen LogP contribution in [0, 0.1) is 12.7 Å². The quantitative estimate of drug-likeness (QED) is 0.395. The van der Waals surface area contributed by atoms with E-state index in [1.807, 2.05) is 56.9 Å². The van der Waals surface area contributed by atoms with Gasteiger partial charge in [0.05, 0.1) is 35.9 Å². The molecule has 4 aliphatic heterocycles. The van der Waals surface area contributed by atoms with Gasteiger partial charge in [-0.1, -0.05) is 6.07 Å². The average Bonchev–Trinajstić information content (AvgIpc) is 3.70. The molecule has 216 valence electrons. The van der Waals surface area contributed by atoms with E-state index in [0.29, 0.717) is 66.6 Å². The summed E-state index contributed by atoms with van der Waals surface area (Å²) in [6.45, 7) is 11.3. The molecule has 2 fully saturated rings. The molecule has 1 amide bonds. The van der Waals surface area contributed by atoms with E-state index in [0.717, 1.165) is 23.0 Å². The molecule has 11 heteroatoms. The molecule has 41 heavy (non-hydrogen) atoms. The summed E-state index contributed by atoms with van der Waals surface area (Å²) in [5.74, 6) is 1.62. The highest BCUT2D eigenvalue weighted by Crippen LogP contribution is 2.44. The second-order valence-corrected chi connectivity index (χ2v) is 12.9. The van der Waals surface area contributed by atoms with Gasteiger partial charge in [0.1, 0.15) is 35.6 Å². The van der Waals surface area contributed by atoms with Gasteiger partial charge in [0.2, 0.25) is 0 Å². The van der Waals surface area contributed by atoms with Crippen LogP contribution >= 0.6 is 11.8 Å². The number of ether oxygens (including phenoxy) is 1. The van der Waals surface area contributed by atoms with E-state index in [-0.39, 0.29) is 11.7 Å². The number of nitrogens with zero attached hydrogens (tertiary/aromatic N) is 6. The molecule has 9 nitrogen and oxygen atoms in total. The SMILES string of the molecule is Cc1cc(N2CCN([N@@+]34C=CC=C3C(C(=O)OC(C)(C)C)=C(C(=O)N3CCSC3)C4)CC2)n(-c2cccc(F)c2)n1. The Kier molecular flexibility index (Phi) is 7.07. The van der Waals surface area contributed by atoms with E-state index in [2.05, 4.69) is 21.2 Å². The Morgan fingerprint density at radius 1 is 1.10 bits per heavy atom. The minimum Gasteiger partial charge on any atom is -0.456 e. The van der Waals surface area contributed by atoms with Crippen LogP contribution in [-0.2, 0) is 14.3 Å². The fraction of sp³-hybridized carbons (Fsp3) is 0.433. The van der Waals surface area contributed by atoms with E-state index < -0.39 is 11.6 Å². The molecule has 4 aliphatic rings. The number of aromatic nitrogens is 2. The number of fused-ring (bicyclic) bond motifs is 1. The van der Waals surface area contributed by atoms with Gasteiger partial charge in [-0.15, -0.1) is 16.8 Å². The van der Waals surface area contributed by atoms with E-state index in [1.165, 1.54) is 12.1 Å². The number of allylic oxidation sites excluding steroid dienone is 2. The highest BCUT2D eigenvalue weighted by atomic mass is 32.2. The number of aryl methyl sites for hydroxylation is 1. The van der Waals surface area contributed by atoms with Crippen LogP contribution in [0.25, 0.3) is 5.69 Å². The number of piperazine rings is 1. The Bertz CT molecular complexity index is 1480. The molecule has 0 spiro atoms. The number of rotatable bonds is 5. The van der Waals surface area contributed by atoms with Crippen LogP contribution in [0.2, 0.25) is 0 Å². The van der Waals surface area contributed by atoms with Gasteiger partial charge in [0, 0.05) is 37.5 Å². The van der Waals surface area contributed by atoms with Gasteiger partial charge in [-0.2, -0.15) is 9.69 Å². The minimum absolute atomic E-state index is 0.0786. The molecule has 1 aromatic carbocycles. The van der Waals surface area contributed by atoms with E-state index >= 15 is 0 Å². The standard InChI is InChI=1S/C30H36FN6O3S/c1-21-17-26(36(32-21)23-8-5-7-22(31)18-23)33-10-12-35(13-11-33)37-15-6-9-25(37)27(29(39)40-30(2,3)4)24(19-37)28(38)34-14-16-41-20-34/h5-9,15,17-18H,10-14,16,19-20H2,1-4H3/q+1/t37-/m1/s1. The molecular formula is C30H36FN6O3S+. The van der Waals surface area contributed by atoms with Gasteiger partial charge in [-0.25, -0.2) is 13.9 Å². The third-order valence-electron chi connectivity index (χ3n) is 7.81. The van der Waals surface area contributed by atoms with Crippen LogP contribution in [0.5, 0.6) is 0 Å². The number of carbonyl (C=O) groups is 2. The number of quaternary nitrogens is 1. The Balaban J connectivity index is 1.26. The first kappa shape index (κ1) is 27.7. The van der Waals surface area contributed by atoms with Gasteiger partial charge in [-0.3, -0.25) is 4.79 Å². The molecule has 0 aliphatic carbocycles. The maximum Gasteiger partial charge on any atom is 0.345 e. The molecule has 6 rings (SSSR count). The fourth-order valence-electron chi connectivity index (χ4n) is 6.01.